The fourth-order valence-electron chi connectivity index (χ4n) is 8.84. The van der Waals surface area contributed by atoms with Crippen molar-refractivity contribution in [3.8, 4) is 0 Å². The van der Waals surface area contributed by atoms with E-state index in [1.165, 1.54) is 41.5 Å². The van der Waals surface area contributed by atoms with Gasteiger partial charge >= 0.3 is 23.9 Å². The van der Waals surface area contributed by atoms with Gasteiger partial charge in [-0.05, 0) is 23.3 Å². The number of Topliss-reactive ketones (excluding diaryl/α,β-unsaturated/α-hetero) is 4. The van der Waals surface area contributed by atoms with Crippen molar-refractivity contribution in [2.24, 2.45) is 37.9 Å². The third-order valence-electron chi connectivity index (χ3n) is 15.3. The molecule has 602 valence electrons. The van der Waals surface area contributed by atoms with Gasteiger partial charge in [0.25, 0.3) is 0 Å². The van der Waals surface area contributed by atoms with Crippen molar-refractivity contribution in [2.75, 3.05) is 13.2 Å². The van der Waals surface area contributed by atoms with Crippen LogP contribution in [0.4, 0.5) is 0 Å². The number of aliphatic carboxylic acids is 4. The molecule has 2 saturated heterocycles. The minimum absolute atomic E-state index is 0.256. The second-order valence-corrected chi connectivity index (χ2v) is 32.0. The molecule has 24 atom stereocenters. The second-order valence-electron chi connectivity index (χ2n) is 32.0. The topological polar surface area (TPSA) is 670 Å². The molecule has 0 saturated carbocycles. The Morgan fingerprint density at radius 3 is 0.990 bits per heavy atom. The molecule has 2 fully saturated rings. The molecule has 0 radical (unpaired) electrons. The predicted octanol–water partition coefficient (Wildman–Crippen LogP) is -5.09. The molecular weight excluding hydrogens is 1370 g/mol. The Balaban J connectivity index is -0.000000552. The Morgan fingerprint density at radius 2 is 0.706 bits per heavy atom. The molecule has 24 unspecified atom stereocenters. The molecule has 0 aromatic heterocycles. The average Bonchev–Trinajstić information content (AvgIpc) is 0.801. The van der Waals surface area contributed by atoms with Gasteiger partial charge in [0.1, 0.15) is 110 Å². The number of rotatable bonds is 18. The van der Waals surface area contributed by atoms with Crippen LogP contribution in [0.1, 0.15) is 159 Å². The van der Waals surface area contributed by atoms with Crippen LogP contribution in [-0.2, 0) is 52.6 Å². The van der Waals surface area contributed by atoms with Crippen molar-refractivity contribution in [2.45, 2.75) is 305 Å². The van der Waals surface area contributed by atoms with Crippen LogP contribution in [-0.4, -0.2) is 334 Å². The third-order valence-corrected chi connectivity index (χ3v) is 15.3. The highest BCUT2D eigenvalue weighted by molar-refractivity contribution is 5.92. The van der Waals surface area contributed by atoms with Gasteiger partial charge in [-0.15, -0.1) is 0 Å². The Labute approximate surface area is 593 Å². The van der Waals surface area contributed by atoms with Crippen molar-refractivity contribution in [1.29, 1.82) is 0 Å². The summed E-state index contributed by atoms with van der Waals surface area (Å²) in [6.45, 7) is 36.0. The summed E-state index contributed by atoms with van der Waals surface area (Å²) in [5.74, 6) is -8.70. The molecule has 102 heavy (non-hydrogen) atoms. The first kappa shape index (κ1) is 104. The molecule has 0 spiro atoms. The van der Waals surface area contributed by atoms with E-state index in [1.807, 2.05) is 27.7 Å². The lowest BCUT2D eigenvalue weighted by molar-refractivity contribution is -0.246. The number of carboxylic acid groups (broad SMARTS) is 4. The second kappa shape index (κ2) is 42.5. The third kappa shape index (κ3) is 33.3. The lowest BCUT2D eigenvalue weighted by Gasteiger charge is -2.45. The molecule has 3 aliphatic heterocycles. The molecule has 0 bridgehead atoms. The quantitative estimate of drug-likeness (QED) is 0.0610. The van der Waals surface area contributed by atoms with Gasteiger partial charge in [-0.1, -0.05) is 152 Å². The van der Waals surface area contributed by atoms with Gasteiger partial charge in [0.2, 0.25) is 5.76 Å². The number of hydrogen-bond acceptors (Lipinski definition) is 32. The van der Waals surface area contributed by atoms with Crippen molar-refractivity contribution in [3.63, 3.8) is 0 Å². The van der Waals surface area contributed by atoms with E-state index < -0.39 is 233 Å². The first-order valence-electron chi connectivity index (χ1n) is 32.3. The maximum Gasteiger partial charge on any atom is 0.370 e. The summed E-state index contributed by atoms with van der Waals surface area (Å²) >= 11 is 0. The Kier molecular flexibility index (Phi) is 43.1. The predicted molar refractivity (Wildman–Crippen MR) is 356 cm³/mol. The monoisotopic (exact) mass is 1490 g/mol. The van der Waals surface area contributed by atoms with E-state index in [0.717, 1.165) is 6.08 Å². The minimum atomic E-state index is -2.27. The summed E-state index contributed by atoms with van der Waals surface area (Å²) in [7, 11) is 0. The normalized spacial score (nSPS) is 27.3. The fraction of sp³-hybridized carbons (Fsp3) is 0.848. The molecule has 3 rings (SSSR count). The number of carbonyl (C=O) groups excluding carboxylic acids is 4. The number of ether oxygens (including phenoxy) is 3. The number of hydrogen-bond donors (Lipinski definition) is 25. The number of aliphatic hydroxyl groups is 21. The van der Waals surface area contributed by atoms with Crippen molar-refractivity contribution in [1.82, 2.24) is 0 Å². The minimum Gasteiger partial charge on any atom is -0.480 e. The summed E-state index contributed by atoms with van der Waals surface area (Å²) < 4.78 is 15.9. The first-order valence-corrected chi connectivity index (χ1v) is 32.3. The van der Waals surface area contributed by atoms with Crippen LogP contribution >= 0.6 is 0 Å². The van der Waals surface area contributed by atoms with E-state index in [2.05, 4.69) is 0 Å². The van der Waals surface area contributed by atoms with Gasteiger partial charge < -0.3 is 142 Å². The van der Waals surface area contributed by atoms with E-state index in [0.29, 0.717) is 6.42 Å². The summed E-state index contributed by atoms with van der Waals surface area (Å²) in [6.07, 6.45) is -32.7. The fourth-order valence-corrected chi connectivity index (χ4v) is 8.84. The highest BCUT2D eigenvalue weighted by atomic mass is 16.6. The molecule has 0 aliphatic carbocycles. The molecular formula is C66H122O36. The van der Waals surface area contributed by atoms with Crippen LogP contribution in [0, 0.1) is 37.9 Å². The Morgan fingerprint density at radius 1 is 0.382 bits per heavy atom. The lowest BCUT2D eigenvalue weighted by Crippen LogP contribution is -2.62. The van der Waals surface area contributed by atoms with Crippen LogP contribution in [0.15, 0.2) is 11.8 Å². The number of aliphatic hydroxyl groups excluding tert-OH is 21. The van der Waals surface area contributed by atoms with Crippen LogP contribution in [0.2, 0.25) is 0 Å². The zero-order valence-corrected chi connectivity index (χ0v) is 62.2. The Bertz CT molecular complexity index is 2610. The summed E-state index contributed by atoms with van der Waals surface area (Å²) in [6, 6.07) is 0. The molecule has 0 aromatic carbocycles. The maximum absolute atomic E-state index is 11.6. The SMILES string of the molecule is CC(C)(C)C(=O)C(O)C(O)C(=O)O.CC(C)(C)C(=O)C(O)C(O)C(O)C(O)C(=O)O.CC(C)(C)C(=O)C(O)C(O)C(O)C(O)CO.CC(C)(C)C(=O)C(O)CO.CC(C)(C)C1OC(C(=O)O)=CC(O)C1O.CC(C)(C)C1OC(C(=O)O)C(O)C(O)C1O.CCC1OC(C(C)(C)C)C(O)C(O)C1O. The largest absolute Gasteiger partial charge is 0.480 e. The van der Waals surface area contributed by atoms with Crippen molar-refractivity contribution >= 4 is 47.0 Å². The van der Waals surface area contributed by atoms with Crippen molar-refractivity contribution < 1.29 is 180 Å². The van der Waals surface area contributed by atoms with E-state index in [9.17, 15) is 110 Å². The molecule has 25 N–H and O–H groups in total. The molecule has 3 aliphatic rings. The highest BCUT2D eigenvalue weighted by Gasteiger charge is 2.51. The zero-order chi connectivity index (χ0) is 82.5. The smallest absolute Gasteiger partial charge is 0.370 e. The zero-order valence-electron chi connectivity index (χ0n) is 62.2. The summed E-state index contributed by atoms with van der Waals surface area (Å²) in [5.41, 5.74) is -4.51. The van der Waals surface area contributed by atoms with Crippen LogP contribution in [0.3, 0.4) is 0 Å². The van der Waals surface area contributed by atoms with Gasteiger partial charge in [0, 0.05) is 27.1 Å². The van der Waals surface area contributed by atoms with Gasteiger partial charge in [-0.2, -0.15) is 0 Å². The van der Waals surface area contributed by atoms with Crippen molar-refractivity contribution in [3.05, 3.63) is 11.8 Å². The maximum atomic E-state index is 11.6. The first-order chi connectivity index (χ1) is 45.4. The molecule has 3 heterocycles. The van der Waals surface area contributed by atoms with Crippen LogP contribution in [0.5, 0.6) is 0 Å². The molecule has 0 amide bonds. The summed E-state index contributed by atoms with van der Waals surface area (Å²) in [4.78, 5) is 87.4. The lowest BCUT2D eigenvalue weighted by atomic mass is 9.80. The molecule has 36 nitrogen and oxygen atoms in total. The number of ketones is 4. The van der Waals surface area contributed by atoms with Gasteiger partial charge in [-0.3, -0.25) is 19.2 Å². The van der Waals surface area contributed by atoms with Crippen LogP contribution < -0.4 is 0 Å². The van der Waals surface area contributed by atoms with Crippen LogP contribution in [0.25, 0.3) is 0 Å². The van der Waals surface area contributed by atoms with E-state index in [1.54, 1.807) is 83.1 Å². The number of carboxylic acids is 4. The summed E-state index contributed by atoms with van der Waals surface area (Å²) in [5, 5.41) is 229. The van der Waals surface area contributed by atoms with Gasteiger partial charge in [0.15, 0.2) is 41.4 Å². The standard InChI is InChI=1S/C11H22O4.C10H18O7.C10H18O6.C10H20O6.C10H16O5.C8H14O5.C7H14O3/c1-5-6-7(12)8(13)9(14)10(15-6)11(2,3)4;1-10(2,3)8(15)6(13)4(11)5(12)7(14)9(16)17;1-10(2,3)8-6(13)4(11)5(12)7(16-8)9(14)15;1-10(2,3)9(16)8(15)7(14)6(13)5(12)4-11;1-10(2,3)8-7(12)5(11)4-6(15-8)9(13)14;1-8(2,3)6(11)4(9)5(10)7(12)13;1-7(2,3)6(10)5(9)4-8/h6-10,12-14H,5H2,1-4H3;4-7,11-14H,1-3H3,(H,16,17);4-8,11-13H,1-3H3,(H,14,15);5-8,11-15H,4H2,1-3H3;4-5,7-8,11-12H,1-3H3,(H,13,14);4-5,9-10H,1-3H3,(H,12,13);5,8-9H,4H2,1-3H3. The van der Waals surface area contributed by atoms with E-state index in [4.69, 9.17) is 70.4 Å². The molecule has 0 aromatic rings. The number of carbonyl (C=O) groups is 8. The highest BCUT2D eigenvalue weighted by Crippen LogP contribution is 2.36. The van der Waals surface area contributed by atoms with E-state index in [-0.39, 0.29) is 17.0 Å². The van der Waals surface area contributed by atoms with E-state index >= 15 is 0 Å². The molecule has 36 heteroatoms. The van der Waals surface area contributed by atoms with Gasteiger partial charge in [0.05, 0.1) is 31.5 Å². The Hall–Kier alpha value is -4.82. The van der Waals surface area contributed by atoms with Gasteiger partial charge in [-0.25, -0.2) is 19.2 Å². The average molecular weight is 1490 g/mol.